The van der Waals surface area contributed by atoms with Crippen LogP contribution in [0.25, 0.3) is 0 Å². The van der Waals surface area contributed by atoms with E-state index in [-0.39, 0.29) is 5.54 Å². The lowest BCUT2D eigenvalue weighted by atomic mass is 10.0. The van der Waals surface area contributed by atoms with Crippen LogP contribution in [0.3, 0.4) is 0 Å². The van der Waals surface area contributed by atoms with Crippen molar-refractivity contribution in [1.29, 1.82) is 0 Å². The van der Waals surface area contributed by atoms with Crippen molar-refractivity contribution in [2.24, 2.45) is 4.99 Å². The first-order chi connectivity index (χ1) is 11.0. The highest BCUT2D eigenvalue weighted by molar-refractivity contribution is 7.99. The predicted octanol–water partition coefficient (Wildman–Crippen LogP) is 1.94. The van der Waals surface area contributed by atoms with E-state index in [2.05, 4.69) is 42.6 Å². The van der Waals surface area contributed by atoms with Crippen LogP contribution in [0.15, 0.2) is 4.99 Å². The van der Waals surface area contributed by atoms with Crippen LogP contribution in [0, 0.1) is 0 Å². The average Bonchev–Trinajstić information content (AvgIpc) is 3.01. The SMILES string of the molecule is CCNC(=NCC(C)(C)N1CCOCC1)NC1CCC(SC)C1. The summed E-state index contributed by atoms with van der Waals surface area (Å²) in [5.74, 6) is 0.973. The summed E-state index contributed by atoms with van der Waals surface area (Å²) in [7, 11) is 0. The fourth-order valence-electron chi connectivity index (χ4n) is 3.34. The standard InChI is InChI=1S/C17H34N4OS/c1-5-18-16(20-14-6-7-15(12-14)23-4)19-13-17(2,3)21-8-10-22-11-9-21/h14-15H,5-13H2,1-4H3,(H2,18,19,20). The van der Waals surface area contributed by atoms with Gasteiger partial charge < -0.3 is 15.4 Å². The van der Waals surface area contributed by atoms with Crippen molar-refractivity contribution in [3.05, 3.63) is 0 Å². The molecule has 0 aromatic rings. The molecule has 2 N–H and O–H groups in total. The van der Waals surface area contributed by atoms with Crippen molar-refractivity contribution >= 4 is 17.7 Å². The Hall–Kier alpha value is -0.460. The van der Waals surface area contributed by atoms with Crippen molar-refractivity contribution in [1.82, 2.24) is 15.5 Å². The molecule has 1 aliphatic heterocycles. The van der Waals surface area contributed by atoms with Crippen LogP contribution in [-0.2, 0) is 4.74 Å². The number of ether oxygens (including phenoxy) is 1. The lowest BCUT2D eigenvalue weighted by Crippen LogP contribution is -2.52. The number of nitrogens with one attached hydrogen (secondary N) is 2. The second-order valence-corrected chi connectivity index (χ2v) is 8.26. The molecule has 1 heterocycles. The number of rotatable bonds is 6. The zero-order valence-electron chi connectivity index (χ0n) is 15.2. The number of guanidine groups is 1. The van der Waals surface area contributed by atoms with E-state index in [0.717, 1.165) is 50.6 Å². The molecule has 0 aromatic heterocycles. The van der Waals surface area contributed by atoms with Gasteiger partial charge in [0.05, 0.1) is 19.8 Å². The molecule has 2 unspecified atom stereocenters. The van der Waals surface area contributed by atoms with Gasteiger partial charge in [0.2, 0.25) is 0 Å². The summed E-state index contributed by atoms with van der Waals surface area (Å²) in [6.07, 6.45) is 6.04. The molecule has 5 nitrogen and oxygen atoms in total. The van der Waals surface area contributed by atoms with Crippen LogP contribution in [-0.4, -0.2) is 73.3 Å². The molecule has 1 saturated carbocycles. The largest absolute Gasteiger partial charge is 0.379 e. The lowest BCUT2D eigenvalue weighted by molar-refractivity contribution is -0.00684. The van der Waals surface area contributed by atoms with E-state index in [1.807, 2.05) is 11.8 Å². The van der Waals surface area contributed by atoms with Gasteiger partial charge in [-0.2, -0.15) is 11.8 Å². The van der Waals surface area contributed by atoms with E-state index >= 15 is 0 Å². The monoisotopic (exact) mass is 342 g/mol. The van der Waals surface area contributed by atoms with Crippen LogP contribution in [0.1, 0.15) is 40.0 Å². The Morgan fingerprint density at radius 1 is 1.30 bits per heavy atom. The van der Waals surface area contributed by atoms with Gasteiger partial charge in [-0.25, -0.2) is 0 Å². The van der Waals surface area contributed by atoms with Crippen molar-refractivity contribution < 1.29 is 4.74 Å². The minimum atomic E-state index is 0.0730. The Labute approximate surface area is 146 Å². The zero-order chi connectivity index (χ0) is 16.7. The van der Waals surface area contributed by atoms with Crippen LogP contribution < -0.4 is 10.6 Å². The fourth-order valence-corrected chi connectivity index (χ4v) is 4.14. The van der Waals surface area contributed by atoms with Gasteiger partial charge >= 0.3 is 0 Å². The molecule has 134 valence electrons. The van der Waals surface area contributed by atoms with Gasteiger partial charge in [-0.1, -0.05) is 0 Å². The Balaban J connectivity index is 1.89. The van der Waals surface area contributed by atoms with E-state index in [9.17, 15) is 0 Å². The minimum Gasteiger partial charge on any atom is -0.379 e. The molecule has 2 fully saturated rings. The topological polar surface area (TPSA) is 48.9 Å². The van der Waals surface area contributed by atoms with Crippen LogP contribution >= 0.6 is 11.8 Å². The van der Waals surface area contributed by atoms with Gasteiger partial charge in [0, 0.05) is 36.5 Å². The molecule has 0 amide bonds. The predicted molar refractivity (Wildman–Crippen MR) is 101 cm³/mol. The first-order valence-electron chi connectivity index (χ1n) is 8.95. The summed E-state index contributed by atoms with van der Waals surface area (Å²) in [6.45, 7) is 12.1. The summed E-state index contributed by atoms with van der Waals surface area (Å²) < 4.78 is 5.46. The second kappa shape index (κ2) is 9.14. The molecule has 2 atom stereocenters. The van der Waals surface area contributed by atoms with Gasteiger partial charge in [0.25, 0.3) is 0 Å². The fraction of sp³-hybridized carbons (Fsp3) is 0.941. The molecule has 1 saturated heterocycles. The highest BCUT2D eigenvalue weighted by Gasteiger charge is 2.29. The van der Waals surface area contributed by atoms with E-state index in [1.165, 1.54) is 19.3 Å². The van der Waals surface area contributed by atoms with Gasteiger partial charge in [-0.05, 0) is 46.3 Å². The van der Waals surface area contributed by atoms with Gasteiger partial charge in [-0.15, -0.1) is 0 Å². The molecular weight excluding hydrogens is 308 g/mol. The molecular formula is C17H34N4OS. The third-order valence-corrected chi connectivity index (χ3v) is 5.99. The number of hydrogen-bond donors (Lipinski definition) is 2. The summed E-state index contributed by atoms with van der Waals surface area (Å²) in [6, 6.07) is 0.566. The van der Waals surface area contributed by atoms with Gasteiger partial charge in [-0.3, -0.25) is 9.89 Å². The Bertz CT molecular complexity index is 383. The highest BCUT2D eigenvalue weighted by atomic mass is 32.2. The van der Waals surface area contributed by atoms with E-state index in [0.29, 0.717) is 6.04 Å². The molecule has 0 spiro atoms. The van der Waals surface area contributed by atoms with Gasteiger partial charge in [0.15, 0.2) is 5.96 Å². The number of morpholine rings is 1. The van der Waals surface area contributed by atoms with E-state index in [4.69, 9.17) is 9.73 Å². The van der Waals surface area contributed by atoms with Crippen molar-refractivity contribution in [2.75, 3.05) is 45.6 Å². The molecule has 6 heteroatoms. The first kappa shape index (κ1) is 18.9. The molecule has 0 aromatic carbocycles. The second-order valence-electron chi connectivity index (χ2n) is 7.12. The third-order valence-electron chi connectivity index (χ3n) is 4.89. The summed E-state index contributed by atoms with van der Waals surface area (Å²) in [5.41, 5.74) is 0.0730. The number of nitrogens with zero attached hydrogens (tertiary/aromatic N) is 2. The van der Waals surface area contributed by atoms with Crippen molar-refractivity contribution in [3.8, 4) is 0 Å². The third kappa shape index (κ3) is 5.84. The molecule has 23 heavy (non-hydrogen) atoms. The summed E-state index contributed by atoms with van der Waals surface area (Å²) in [5, 5.41) is 7.85. The molecule has 2 rings (SSSR count). The zero-order valence-corrected chi connectivity index (χ0v) is 16.0. The Morgan fingerprint density at radius 3 is 2.65 bits per heavy atom. The summed E-state index contributed by atoms with van der Waals surface area (Å²) >= 11 is 1.99. The maximum Gasteiger partial charge on any atom is 0.191 e. The van der Waals surface area contributed by atoms with E-state index < -0.39 is 0 Å². The average molecular weight is 343 g/mol. The van der Waals surface area contributed by atoms with Gasteiger partial charge in [0.1, 0.15) is 0 Å². The van der Waals surface area contributed by atoms with Crippen LogP contribution in [0.5, 0.6) is 0 Å². The highest BCUT2D eigenvalue weighted by Crippen LogP contribution is 2.28. The molecule has 1 aliphatic carbocycles. The maximum atomic E-state index is 5.46. The maximum absolute atomic E-state index is 5.46. The molecule has 0 bridgehead atoms. The van der Waals surface area contributed by atoms with Crippen LogP contribution in [0.2, 0.25) is 0 Å². The summed E-state index contributed by atoms with van der Waals surface area (Å²) in [4.78, 5) is 7.37. The van der Waals surface area contributed by atoms with Crippen LogP contribution in [0.4, 0.5) is 0 Å². The first-order valence-corrected chi connectivity index (χ1v) is 10.2. The quantitative estimate of drug-likeness (QED) is 0.571. The lowest BCUT2D eigenvalue weighted by Gasteiger charge is -2.40. The number of thioether (sulfide) groups is 1. The number of hydrogen-bond acceptors (Lipinski definition) is 4. The van der Waals surface area contributed by atoms with E-state index in [1.54, 1.807) is 0 Å². The smallest absolute Gasteiger partial charge is 0.191 e. The Morgan fingerprint density at radius 2 is 2.04 bits per heavy atom. The van der Waals surface area contributed by atoms with Crippen molar-refractivity contribution in [3.63, 3.8) is 0 Å². The molecule has 0 radical (unpaired) electrons. The molecule has 2 aliphatic rings. The number of aliphatic imine (C=N–C) groups is 1. The minimum absolute atomic E-state index is 0.0730. The van der Waals surface area contributed by atoms with Crippen molar-refractivity contribution in [2.45, 2.75) is 56.9 Å². The Kier molecular flexibility index (Phi) is 7.50. The normalized spacial score (nSPS) is 27.2.